The molecule has 5 nitrogen and oxygen atoms in total. The highest BCUT2D eigenvalue weighted by molar-refractivity contribution is 5.95. The summed E-state index contributed by atoms with van der Waals surface area (Å²) in [6.45, 7) is -0.413. The predicted octanol–water partition coefficient (Wildman–Crippen LogP) is 1.63. The highest BCUT2D eigenvalue weighted by Crippen LogP contribution is 2.17. The summed E-state index contributed by atoms with van der Waals surface area (Å²) >= 11 is 0. The Balaban J connectivity index is 1.84. The molecule has 0 spiro atoms. The molecule has 1 aromatic carbocycles. The summed E-state index contributed by atoms with van der Waals surface area (Å²) in [6, 6.07) is 8.66. The molecule has 0 aromatic heterocycles. The molecule has 0 bridgehead atoms. The van der Waals surface area contributed by atoms with Crippen molar-refractivity contribution in [3.63, 3.8) is 0 Å². The first kappa shape index (κ1) is 17.2. The molecular weight excluding hydrogens is 292 g/mol. The smallest absolute Gasteiger partial charge is 0.245 e. The van der Waals surface area contributed by atoms with Crippen LogP contribution in [0.5, 0.6) is 0 Å². The Morgan fingerprint density at radius 2 is 1.87 bits per heavy atom. The molecule has 1 saturated carbocycles. The molecule has 0 heterocycles. The molecule has 1 aromatic rings. The summed E-state index contributed by atoms with van der Waals surface area (Å²) in [5.74, 6) is -0.715. The average molecular weight is 316 g/mol. The maximum Gasteiger partial charge on any atom is 0.245 e. The van der Waals surface area contributed by atoms with Crippen LogP contribution in [0.25, 0.3) is 6.08 Å². The van der Waals surface area contributed by atoms with Crippen molar-refractivity contribution in [1.82, 2.24) is 10.6 Å². The van der Waals surface area contributed by atoms with E-state index in [4.69, 9.17) is 0 Å². The van der Waals surface area contributed by atoms with Gasteiger partial charge in [-0.05, 0) is 24.5 Å². The van der Waals surface area contributed by atoms with E-state index in [9.17, 15) is 14.7 Å². The van der Waals surface area contributed by atoms with Crippen LogP contribution in [-0.2, 0) is 9.59 Å². The minimum absolute atomic E-state index is 0.155. The lowest BCUT2D eigenvalue weighted by Gasteiger charge is -2.25. The van der Waals surface area contributed by atoms with Crippen LogP contribution in [0.2, 0.25) is 0 Å². The molecule has 1 atom stereocenters. The lowest BCUT2D eigenvalue weighted by Crippen LogP contribution is -2.51. The van der Waals surface area contributed by atoms with Gasteiger partial charge in [0.2, 0.25) is 11.8 Å². The van der Waals surface area contributed by atoms with Crippen molar-refractivity contribution in [2.45, 2.75) is 44.2 Å². The fraction of sp³-hybridized carbons (Fsp3) is 0.444. The van der Waals surface area contributed by atoms with Crippen molar-refractivity contribution in [3.05, 3.63) is 42.0 Å². The molecule has 2 rings (SSSR count). The van der Waals surface area contributed by atoms with E-state index in [1.807, 2.05) is 30.3 Å². The maximum atomic E-state index is 12.1. The summed E-state index contributed by atoms with van der Waals surface area (Å²) < 4.78 is 0. The minimum atomic E-state index is -0.912. The summed E-state index contributed by atoms with van der Waals surface area (Å²) in [6.07, 6.45) is 8.39. The fourth-order valence-electron chi connectivity index (χ4n) is 2.70. The summed E-state index contributed by atoms with van der Waals surface area (Å²) in [5.41, 5.74) is 0.898. The number of aliphatic hydroxyl groups is 1. The third-order valence-corrected chi connectivity index (χ3v) is 3.99. The average Bonchev–Trinajstić information content (AvgIpc) is 2.59. The van der Waals surface area contributed by atoms with Gasteiger partial charge in [-0.25, -0.2) is 0 Å². The van der Waals surface area contributed by atoms with E-state index < -0.39 is 18.6 Å². The van der Waals surface area contributed by atoms with Gasteiger partial charge < -0.3 is 15.7 Å². The second-order valence-electron chi connectivity index (χ2n) is 5.83. The monoisotopic (exact) mass is 316 g/mol. The Morgan fingerprint density at radius 3 is 2.52 bits per heavy atom. The van der Waals surface area contributed by atoms with E-state index in [1.54, 1.807) is 6.08 Å². The fourth-order valence-corrected chi connectivity index (χ4v) is 2.70. The second-order valence-corrected chi connectivity index (χ2v) is 5.83. The SMILES string of the molecule is O=C(/C=C/c1ccccc1)N[C@@H](CO)C(=O)NC1CCCCC1. The van der Waals surface area contributed by atoms with Gasteiger partial charge in [0.15, 0.2) is 0 Å². The molecule has 124 valence electrons. The van der Waals surface area contributed by atoms with Crippen LogP contribution in [0.15, 0.2) is 36.4 Å². The molecule has 0 aliphatic heterocycles. The van der Waals surface area contributed by atoms with Gasteiger partial charge in [0, 0.05) is 12.1 Å². The molecule has 1 aliphatic carbocycles. The highest BCUT2D eigenvalue weighted by atomic mass is 16.3. The molecule has 1 fully saturated rings. The van der Waals surface area contributed by atoms with Crippen LogP contribution in [-0.4, -0.2) is 35.6 Å². The highest BCUT2D eigenvalue weighted by Gasteiger charge is 2.22. The Labute approximate surface area is 136 Å². The van der Waals surface area contributed by atoms with E-state index in [1.165, 1.54) is 12.5 Å². The number of carbonyl (C=O) groups excluding carboxylic acids is 2. The Morgan fingerprint density at radius 1 is 1.17 bits per heavy atom. The molecule has 0 radical (unpaired) electrons. The first-order chi connectivity index (χ1) is 11.2. The molecule has 23 heavy (non-hydrogen) atoms. The number of carbonyl (C=O) groups is 2. The minimum Gasteiger partial charge on any atom is -0.394 e. The van der Waals surface area contributed by atoms with Crippen LogP contribution in [0.1, 0.15) is 37.7 Å². The third kappa shape index (κ3) is 5.87. The van der Waals surface area contributed by atoms with Crippen molar-refractivity contribution in [1.29, 1.82) is 0 Å². The van der Waals surface area contributed by atoms with Gasteiger partial charge in [-0.15, -0.1) is 0 Å². The van der Waals surface area contributed by atoms with Gasteiger partial charge in [-0.1, -0.05) is 49.6 Å². The van der Waals surface area contributed by atoms with Crippen LogP contribution >= 0.6 is 0 Å². The van der Waals surface area contributed by atoms with Crippen LogP contribution in [0.3, 0.4) is 0 Å². The lowest BCUT2D eigenvalue weighted by molar-refractivity contribution is -0.128. The number of benzene rings is 1. The van der Waals surface area contributed by atoms with Crippen molar-refractivity contribution < 1.29 is 14.7 Å². The van der Waals surface area contributed by atoms with Gasteiger partial charge in [-0.3, -0.25) is 9.59 Å². The van der Waals surface area contributed by atoms with E-state index in [2.05, 4.69) is 10.6 Å². The number of aliphatic hydroxyl groups excluding tert-OH is 1. The number of hydrogen-bond donors (Lipinski definition) is 3. The number of hydrogen-bond acceptors (Lipinski definition) is 3. The number of rotatable bonds is 6. The molecular formula is C18H24N2O3. The van der Waals surface area contributed by atoms with Crippen molar-refractivity contribution in [2.75, 3.05) is 6.61 Å². The molecule has 1 aliphatic rings. The largest absolute Gasteiger partial charge is 0.394 e. The van der Waals surface area contributed by atoms with Gasteiger partial charge in [0.1, 0.15) is 6.04 Å². The van der Waals surface area contributed by atoms with E-state index in [-0.39, 0.29) is 11.9 Å². The summed E-state index contributed by atoms with van der Waals surface area (Å²) in [5, 5.41) is 14.8. The topological polar surface area (TPSA) is 78.4 Å². The number of nitrogens with one attached hydrogen (secondary N) is 2. The molecule has 2 amide bonds. The maximum absolute atomic E-state index is 12.1. The van der Waals surface area contributed by atoms with Gasteiger partial charge >= 0.3 is 0 Å². The second kappa shape index (κ2) is 9.10. The predicted molar refractivity (Wildman–Crippen MR) is 89.5 cm³/mol. The van der Waals surface area contributed by atoms with E-state index in [0.29, 0.717) is 0 Å². The molecule has 0 unspecified atom stereocenters. The van der Waals surface area contributed by atoms with Crippen molar-refractivity contribution in [3.8, 4) is 0 Å². The quantitative estimate of drug-likeness (QED) is 0.698. The molecule has 3 N–H and O–H groups in total. The Hall–Kier alpha value is -2.14. The van der Waals surface area contributed by atoms with E-state index >= 15 is 0 Å². The first-order valence-corrected chi connectivity index (χ1v) is 8.14. The normalized spacial score (nSPS) is 16.9. The van der Waals surface area contributed by atoms with Crippen molar-refractivity contribution >= 4 is 17.9 Å². The first-order valence-electron chi connectivity index (χ1n) is 8.14. The van der Waals surface area contributed by atoms with Crippen LogP contribution < -0.4 is 10.6 Å². The molecule has 0 saturated heterocycles. The standard InChI is InChI=1S/C18H24N2O3/c21-13-16(18(23)19-15-9-5-2-6-10-15)20-17(22)12-11-14-7-3-1-4-8-14/h1,3-4,7-8,11-12,15-16,21H,2,5-6,9-10,13H2,(H,19,23)(H,20,22)/b12-11+/t16-/m0/s1. The third-order valence-electron chi connectivity index (χ3n) is 3.99. The van der Waals surface area contributed by atoms with Crippen LogP contribution in [0, 0.1) is 0 Å². The zero-order valence-corrected chi connectivity index (χ0v) is 13.2. The zero-order chi connectivity index (χ0) is 16.5. The summed E-state index contributed by atoms with van der Waals surface area (Å²) in [7, 11) is 0. The number of amides is 2. The Bertz CT molecular complexity index is 536. The zero-order valence-electron chi connectivity index (χ0n) is 13.2. The molecule has 5 heteroatoms. The van der Waals surface area contributed by atoms with E-state index in [0.717, 1.165) is 31.2 Å². The van der Waals surface area contributed by atoms with Crippen molar-refractivity contribution in [2.24, 2.45) is 0 Å². The van der Waals surface area contributed by atoms with Gasteiger partial charge in [0.25, 0.3) is 0 Å². The van der Waals surface area contributed by atoms with Gasteiger partial charge in [0.05, 0.1) is 6.61 Å². The summed E-state index contributed by atoms with van der Waals surface area (Å²) in [4.78, 5) is 24.0. The Kier molecular flexibility index (Phi) is 6.81. The van der Waals surface area contributed by atoms with Crippen LogP contribution in [0.4, 0.5) is 0 Å². The van der Waals surface area contributed by atoms with Gasteiger partial charge in [-0.2, -0.15) is 0 Å². The lowest BCUT2D eigenvalue weighted by atomic mass is 9.95.